The van der Waals surface area contributed by atoms with Gasteiger partial charge in [0, 0.05) is 13.1 Å². The van der Waals surface area contributed by atoms with E-state index in [0.717, 1.165) is 18.9 Å². The van der Waals surface area contributed by atoms with Crippen molar-refractivity contribution >= 4 is 23.1 Å². The maximum atomic E-state index is 5.95. The number of nitrogens with two attached hydrogens (primary N) is 1. The molecule has 0 amide bonds. The Bertz CT molecular complexity index is 429. The van der Waals surface area contributed by atoms with Crippen LogP contribution in [0.1, 0.15) is 32.1 Å². The molecule has 1 aromatic rings. The van der Waals surface area contributed by atoms with Gasteiger partial charge in [-0.3, -0.25) is 0 Å². The summed E-state index contributed by atoms with van der Waals surface area (Å²) in [6.45, 7) is 2.11. The molecule has 3 rings (SSSR count). The number of nitrogen functional groups attached to an aromatic ring is 1. The van der Waals surface area contributed by atoms with Gasteiger partial charge in [0.15, 0.2) is 11.0 Å². The lowest BCUT2D eigenvalue weighted by Gasteiger charge is -2.24. The molecule has 1 aliphatic heterocycles. The number of aromatic nitrogens is 2. The predicted octanol–water partition coefficient (Wildman–Crippen LogP) is 2.48. The molecule has 1 aliphatic carbocycles. The summed E-state index contributed by atoms with van der Waals surface area (Å²) >= 11 is 5.94. The zero-order valence-electron chi connectivity index (χ0n) is 9.82. The lowest BCUT2D eigenvalue weighted by molar-refractivity contribution is 0.340. The molecular weight excluding hydrogens is 236 g/mol. The summed E-state index contributed by atoms with van der Waals surface area (Å²) in [6, 6.07) is 0. The molecule has 4 nitrogen and oxygen atoms in total. The zero-order valence-corrected chi connectivity index (χ0v) is 10.6. The van der Waals surface area contributed by atoms with Crippen LogP contribution in [0.5, 0.6) is 0 Å². The molecule has 0 radical (unpaired) electrons. The van der Waals surface area contributed by atoms with Crippen LogP contribution in [0.4, 0.5) is 11.5 Å². The summed E-state index contributed by atoms with van der Waals surface area (Å²) in [6.07, 6.45) is 8.19. The average Bonchev–Trinajstić information content (AvgIpc) is 2.94. The molecule has 1 spiro atoms. The van der Waals surface area contributed by atoms with Gasteiger partial charge in [0.25, 0.3) is 0 Å². The average molecular weight is 253 g/mol. The van der Waals surface area contributed by atoms with E-state index >= 15 is 0 Å². The van der Waals surface area contributed by atoms with Crippen molar-refractivity contribution in [1.29, 1.82) is 0 Å². The highest BCUT2D eigenvalue weighted by Gasteiger charge is 2.41. The molecule has 2 heterocycles. The topological polar surface area (TPSA) is 55.0 Å². The number of nitrogens with zero attached hydrogens (tertiary/aromatic N) is 3. The minimum absolute atomic E-state index is 0.363. The Morgan fingerprint density at radius 2 is 2.00 bits per heavy atom. The zero-order chi connectivity index (χ0) is 11.9. The smallest absolute Gasteiger partial charge is 0.157 e. The summed E-state index contributed by atoms with van der Waals surface area (Å²) in [5.41, 5.74) is 6.99. The van der Waals surface area contributed by atoms with E-state index < -0.39 is 0 Å². The molecule has 17 heavy (non-hydrogen) atoms. The van der Waals surface area contributed by atoms with E-state index in [1.165, 1.54) is 38.4 Å². The van der Waals surface area contributed by atoms with Crippen molar-refractivity contribution in [3.05, 3.63) is 11.5 Å². The lowest BCUT2D eigenvalue weighted by Crippen LogP contribution is -2.26. The van der Waals surface area contributed by atoms with Crippen molar-refractivity contribution in [2.24, 2.45) is 5.41 Å². The summed E-state index contributed by atoms with van der Waals surface area (Å²) in [4.78, 5) is 10.5. The minimum Gasteiger partial charge on any atom is -0.393 e. The van der Waals surface area contributed by atoms with Gasteiger partial charge in [-0.2, -0.15) is 0 Å². The van der Waals surface area contributed by atoms with Crippen LogP contribution in [0.25, 0.3) is 0 Å². The number of rotatable bonds is 1. The molecule has 0 aromatic carbocycles. The molecule has 5 heteroatoms. The maximum absolute atomic E-state index is 5.95. The fraction of sp³-hybridized carbons (Fsp3) is 0.667. The van der Waals surface area contributed by atoms with Gasteiger partial charge >= 0.3 is 0 Å². The van der Waals surface area contributed by atoms with Crippen molar-refractivity contribution in [2.45, 2.75) is 32.1 Å². The van der Waals surface area contributed by atoms with Crippen LogP contribution >= 0.6 is 11.6 Å². The maximum Gasteiger partial charge on any atom is 0.157 e. The molecule has 0 atom stereocenters. The Morgan fingerprint density at radius 1 is 1.24 bits per heavy atom. The second-order valence-corrected chi connectivity index (χ2v) is 5.64. The van der Waals surface area contributed by atoms with E-state index in [1.807, 2.05) is 0 Å². The van der Waals surface area contributed by atoms with Gasteiger partial charge in [0.2, 0.25) is 0 Å². The van der Waals surface area contributed by atoms with E-state index in [0.29, 0.717) is 16.3 Å². The Hall–Kier alpha value is -1.03. The van der Waals surface area contributed by atoms with Crippen LogP contribution < -0.4 is 10.6 Å². The highest BCUT2D eigenvalue weighted by molar-refractivity contribution is 6.32. The van der Waals surface area contributed by atoms with E-state index in [2.05, 4.69) is 14.9 Å². The molecule has 2 N–H and O–H groups in total. The molecule has 1 aromatic heterocycles. The highest BCUT2D eigenvalue weighted by atomic mass is 35.5. The fourth-order valence-corrected chi connectivity index (χ4v) is 3.39. The Morgan fingerprint density at radius 3 is 2.76 bits per heavy atom. The van der Waals surface area contributed by atoms with Gasteiger partial charge in [-0.15, -0.1) is 0 Å². The SMILES string of the molecule is Nc1c(Cl)ncnc1N1CCC2(CCCC2)C1. The van der Waals surface area contributed by atoms with Crippen LogP contribution in [0, 0.1) is 5.41 Å². The quantitative estimate of drug-likeness (QED) is 0.781. The van der Waals surface area contributed by atoms with Gasteiger partial charge in [0.05, 0.1) is 0 Å². The normalized spacial score (nSPS) is 22.5. The van der Waals surface area contributed by atoms with Crippen LogP contribution in [-0.4, -0.2) is 23.1 Å². The molecule has 1 saturated heterocycles. The Kier molecular flexibility index (Phi) is 2.62. The van der Waals surface area contributed by atoms with Crippen molar-refractivity contribution in [1.82, 2.24) is 9.97 Å². The standard InChI is InChI=1S/C12H17ClN4/c13-10-9(14)11(16-8-15-10)17-6-5-12(7-17)3-1-2-4-12/h8H,1-7,14H2. The molecule has 2 fully saturated rings. The Labute approximate surface area is 106 Å². The molecule has 0 bridgehead atoms. The third-order valence-corrected chi connectivity index (χ3v) is 4.52. The Balaban J connectivity index is 1.84. The molecule has 0 unspecified atom stereocenters. The number of halogens is 1. The summed E-state index contributed by atoms with van der Waals surface area (Å²) in [7, 11) is 0. The number of anilines is 2. The fourth-order valence-electron chi connectivity index (χ4n) is 3.27. The van der Waals surface area contributed by atoms with Crippen LogP contribution in [0.15, 0.2) is 6.33 Å². The monoisotopic (exact) mass is 252 g/mol. The van der Waals surface area contributed by atoms with Gasteiger partial charge in [-0.25, -0.2) is 9.97 Å². The molecule has 2 aliphatic rings. The predicted molar refractivity (Wildman–Crippen MR) is 69.2 cm³/mol. The van der Waals surface area contributed by atoms with Gasteiger partial charge in [-0.1, -0.05) is 24.4 Å². The third-order valence-electron chi connectivity index (χ3n) is 4.22. The first-order chi connectivity index (χ1) is 8.20. The van der Waals surface area contributed by atoms with Crippen LogP contribution in [-0.2, 0) is 0 Å². The third kappa shape index (κ3) is 1.84. The van der Waals surface area contributed by atoms with Crippen molar-refractivity contribution < 1.29 is 0 Å². The lowest BCUT2D eigenvalue weighted by atomic mass is 9.86. The minimum atomic E-state index is 0.363. The van der Waals surface area contributed by atoms with E-state index in [-0.39, 0.29) is 0 Å². The van der Waals surface area contributed by atoms with E-state index in [4.69, 9.17) is 17.3 Å². The molecule has 1 saturated carbocycles. The number of hydrogen-bond donors (Lipinski definition) is 1. The van der Waals surface area contributed by atoms with Gasteiger partial charge < -0.3 is 10.6 Å². The summed E-state index contributed by atoms with van der Waals surface area (Å²) < 4.78 is 0. The number of hydrogen-bond acceptors (Lipinski definition) is 4. The van der Waals surface area contributed by atoms with E-state index in [1.54, 1.807) is 0 Å². The first-order valence-electron chi connectivity index (χ1n) is 6.21. The highest BCUT2D eigenvalue weighted by Crippen LogP contribution is 2.46. The summed E-state index contributed by atoms with van der Waals surface area (Å²) in [5.74, 6) is 0.814. The van der Waals surface area contributed by atoms with Crippen LogP contribution in [0.2, 0.25) is 5.15 Å². The van der Waals surface area contributed by atoms with Crippen molar-refractivity contribution in [3.63, 3.8) is 0 Å². The molecular formula is C12H17ClN4. The van der Waals surface area contributed by atoms with Gasteiger partial charge in [-0.05, 0) is 24.7 Å². The second-order valence-electron chi connectivity index (χ2n) is 5.28. The van der Waals surface area contributed by atoms with Crippen molar-refractivity contribution in [2.75, 3.05) is 23.7 Å². The molecule has 92 valence electrons. The second kappa shape index (κ2) is 4.02. The van der Waals surface area contributed by atoms with Crippen LogP contribution in [0.3, 0.4) is 0 Å². The van der Waals surface area contributed by atoms with E-state index in [9.17, 15) is 0 Å². The first-order valence-corrected chi connectivity index (χ1v) is 6.59. The van der Waals surface area contributed by atoms with Crippen molar-refractivity contribution in [3.8, 4) is 0 Å². The largest absolute Gasteiger partial charge is 0.393 e. The van der Waals surface area contributed by atoms with Gasteiger partial charge in [0.1, 0.15) is 12.0 Å². The first kappa shape index (κ1) is 11.1. The summed E-state index contributed by atoms with van der Waals surface area (Å²) in [5, 5.41) is 0.363.